The number of sulfonamides is 1. The molecule has 0 saturated carbocycles. The van der Waals surface area contributed by atoms with Crippen LogP contribution < -0.4 is 10.1 Å². The summed E-state index contributed by atoms with van der Waals surface area (Å²) in [5.41, 5.74) is 1.70. The van der Waals surface area contributed by atoms with Crippen LogP contribution in [0.5, 0.6) is 5.75 Å². The van der Waals surface area contributed by atoms with Gasteiger partial charge in [0, 0.05) is 29.2 Å². The van der Waals surface area contributed by atoms with Gasteiger partial charge in [-0.3, -0.25) is 4.79 Å². The molecule has 1 fully saturated rings. The summed E-state index contributed by atoms with van der Waals surface area (Å²) >= 11 is 1.61. The average Bonchev–Trinajstić information content (AvgIpc) is 3.34. The Balaban J connectivity index is 1.49. The number of benzene rings is 2. The second kappa shape index (κ2) is 9.21. The molecule has 1 aromatic heterocycles. The molecule has 0 aliphatic carbocycles. The summed E-state index contributed by atoms with van der Waals surface area (Å²) in [6, 6.07) is 18.0. The van der Waals surface area contributed by atoms with Crippen molar-refractivity contribution in [2.24, 2.45) is 5.92 Å². The van der Waals surface area contributed by atoms with E-state index in [1.54, 1.807) is 23.5 Å². The molecule has 1 amide bonds. The highest BCUT2D eigenvalue weighted by molar-refractivity contribution is 7.89. The zero-order valence-electron chi connectivity index (χ0n) is 17.2. The quantitative estimate of drug-likeness (QED) is 0.594. The van der Waals surface area contributed by atoms with Gasteiger partial charge in [-0.2, -0.15) is 4.31 Å². The van der Waals surface area contributed by atoms with Gasteiger partial charge in [0.15, 0.2) is 0 Å². The van der Waals surface area contributed by atoms with Gasteiger partial charge in [0.05, 0.1) is 17.9 Å². The normalized spacial score (nSPS) is 17.3. The van der Waals surface area contributed by atoms with Gasteiger partial charge in [0.1, 0.15) is 5.75 Å². The van der Waals surface area contributed by atoms with Crippen LogP contribution in [-0.4, -0.2) is 38.8 Å². The van der Waals surface area contributed by atoms with Gasteiger partial charge in [-0.25, -0.2) is 8.42 Å². The number of para-hydroxylation sites is 1. The summed E-state index contributed by atoms with van der Waals surface area (Å²) in [6.45, 7) is 0.575. The Morgan fingerprint density at radius 2 is 1.87 bits per heavy atom. The Labute approximate surface area is 186 Å². The number of hydrogen-bond donors (Lipinski definition) is 1. The summed E-state index contributed by atoms with van der Waals surface area (Å²) in [5, 5.41) is 5.02. The van der Waals surface area contributed by atoms with Crippen LogP contribution in [0.1, 0.15) is 12.8 Å². The third-order valence-electron chi connectivity index (χ3n) is 5.42. The van der Waals surface area contributed by atoms with Gasteiger partial charge in [-0.1, -0.05) is 24.3 Å². The lowest BCUT2D eigenvalue weighted by Gasteiger charge is -2.31. The number of methoxy groups -OCH3 is 1. The summed E-state index contributed by atoms with van der Waals surface area (Å²) in [5.74, 6) is 0.0380. The van der Waals surface area contributed by atoms with Crippen LogP contribution in [0.3, 0.4) is 0 Å². The Morgan fingerprint density at radius 1 is 1.10 bits per heavy atom. The van der Waals surface area contributed by atoms with Gasteiger partial charge in [-0.15, -0.1) is 11.3 Å². The number of piperidine rings is 1. The van der Waals surface area contributed by atoms with Crippen LogP contribution in [0.2, 0.25) is 0 Å². The van der Waals surface area contributed by atoms with Gasteiger partial charge in [-0.05, 0) is 54.6 Å². The number of ether oxygens (including phenoxy) is 1. The van der Waals surface area contributed by atoms with Crippen LogP contribution >= 0.6 is 11.3 Å². The minimum atomic E-state index is -3.67. The van der Waals surface area contributed by atoms with Gasteiger partial charge >= 0.3 is 0 Å². The van der Waals surface area contributed by atoms with E-state index in [1.165, 1.54) is 23.5 Å². The minimum absolute atomic E-state index is 0.154. The predicted molar refractivity (Wildman–Crippen MR) is 123 cm³/mol. The maximum absolute atomic E-state index is 13.1. The van der Waals surface area contributed by atoms with E-state index in [-0.39, 0.29) is 17.3 Å². The first-order valence-electron chi connectivity index (χ1n) is 10.1. The van der Waals surface area contributed by atoms with E-state index in [9.17, 15) is 13.2 Å². The molecule has 8 heteroatoms. The zero-order valence-corrected chi connectivity index (χ0v) is 18.8. The fourth-order valence-corrected chi connectivity index (χ4v) is 6.03. The van der Waals surface area contributed by atoms with E-state index in [4.69, 9.17) is 4.74 Å². The first-order valence-corrected chi connectivity index (χ1v) is 12.4. The summed E-state index contributed by atoms with van der Waals surface area (Å²) in [6.07, 6.45) is 1.29. The molecule has 6 nitrogen and oxygen atoms in total. The molecule has 1 aliphatic heterocycles. The fraction of sp³-hybridized carbons (Fsp3) is 0.261. The number of nitrogens with one attached hydrogen (secondary N) is 1. The molecule has 1 atom stereocenters. The monoisotopic (exact) mass is 456 g/mol. The first-order chi connectivity index (χ1) is 15.0. The second-order valence-electron chi connectivity index (χ2n) is 7.39. The molecule has 0 radical (unpaired) electrons. The van der Waals surface area contributed by atoms with Crippen LogP contribution in [0.25, 0.3) is 10.4 Å². The molecule has 2 heterocycles. The standard InChI is InChI=1S/C23H24N2O4S2/c1-29-18-10-12-19(13-11-18)31(27,28)25-14-4-6-17(16-25)23(26)24-21-8-3-2-7-20(21)22-9-5-15-30-22/h2-3,5,7-13,15,17H,4,6,14,16H2,1H3,(H,24,26). The number of anilines is 1. The van der Waals surface area contributed by atoms with Crippen molar-refractivity contribution in [2.45, 2.75) is 17.7 Å². The Bertz CT molecular complexity index is 1140. The maximum Gasteiger partial charge on any atom is 0.243 e. The highest BCUT2D eigenvalue weighted by Gasteiger charge is 2.33. The summed E-state index contributed by atoms with van der Waals surface area (Å²) in [7, 11) is -2.13. The van der Waals surface area contributed by atoms with Crippen molar-refractivity contribution < 1.29 is 17.9 Å². The molecule has 1 unspecified atom stereocenters. The number of rotatable bonds is 6. The van der Waals surface area contributed by atoms with Crippen molar-refractivity contribution >= 4 is 33.0 Å². The third-order valence-corrected chi connectivity index (χ3v) is 8.21. The van der Waals surface area contributed by atoms with Crippen molar-refractivity contribution in [3.05, 3.63) is 66.0 Å². The first kappa shape index (κ1) is 21.5. The lowest BCUT2D eigenvalue weighted by Crippen LogP contribution is -2.43. The number of amides is 1. The topological polar surface area (TPSA) is 75.7 Å². The SMILES string of the molecule is COc1ccc(S(=O)(=O)N2CCCC(C(=O)Nc3ccccc3-c3cccs3)C2)cc1. The molecule has 0 spiro atoms. The largest absolute Gasteiger partial charge is 0.497 e. The molecular formula is C23H24N2O4S2. The van der Waals surface area contributed by atoms with Gasteiger partial charge in [0.2, 0.25) is 15.9 Å². The molecule has 0 bridgehead atoms. The van der Waals surface area contributed by atoms with Crippen LogP contribution in [0.15, 0.2) is 70.9 Å². The second-order valence-corrected chi connectivity index (χ2v) is 10.3. The molecule has 2 aromatic carbocycles. The number of thiophene rings is 1. The van der Waals surface area contributed by atoms with E-state index in [1.807, 2.05) is 41.8 Å². The van der Waals surface area contributed by atoms with E-state index in [0.29, 0.717) is 25.1 Å². The molecule has 31 heavy (non-hydrogen) atoms. The molecule has 4 rings (SSSR count). The highest BCUT2D eigenvalue weighted by Crippen LogP contribution is 2.32. The van der Waals surface area contributed by atoms with Crippen molar-refractivity contribution in [3.8, 4) is 16.2 Å². The molecule has 1 aliphatic rings. The zero-order chi connectivity index (χ0) is 21.8. The lowest BCUT2D eigenvalue weighted by molar-refractivity contribution is -0.120. The summed E-state index contributed by atoms with van der Waals surface area (Å²) in [4.78, 5) is 14.3. The van der Waals surface area contributed by atoms with Crippen LogP contribution in [0, 0.1) is 5.92 Å². The molecular weight excluding hydrogens is 432 g/mol. The van der Waals surface area contributed by atoms with E-state index >= 15 is 0 Å². The number of nitrogens with zero attached hydrogens (tertiary/aromatic N) is 1. The number of hydrogen-bond acceptors (Lipinski definition) is 5. The fourth-order valence-electron chi connectivity index (χ4n) is 3.75. The van der Waals surface area contributed by atoms with Crippen molar-refractivity contribution in [2.75, 3.05) is 25.5 Å². The Hall–Kier alpha value is -2.68. The van der Waals surface area contributed by atoms with Gasteiger partial charge in [0.25, 0.3) is 0 Å². The predicted octanol–water partition coefficient (Wildman–Crippen LogP) is 4.46. The highest BCUT2D eigenvalue weighted by atomic mass is 32.2. The maximum atomic E-state index is 13.1. The molecule has 162 valence electrons. The van der Waals surface area contributed by atoms with E-state index < -0.39 is 15.9 Å². The summed E-state index contributed by atoms with van der Waals surface area (Å²) < 4.78 is 32.7. The Kier molecular flexibility index (Phi) is 6.41. The average molecular weight is 457 g/mol. The van der Waals surface area contributed by atoms with Crippen LogP contribution in [-0.2, 0) is 14.8 Å². The van der Waals surface area contributed by atoms with Crippen molar-refractivity contribution in [1.82, 2.24) is 4.31 Å². The van der Waals surface area contributed by atoms with Gasteiger partial charge < -0.3 is 10.1 Å². The number of carbonyl (C=O) groups is 1. The molecule has 1 saturated heterocycles. The van der Waals surface area contributed by atoms with E-state index in [2.05, 4.69) is 5.32 Å². The smallest absolute Gasteiger partial charge is 0.243 e. The van der Waals surface area contributed by atoms with Crippen molar-refractivity contribution in [3.63, 3.8) is 0 Å². The third kappa shape index (κ3) is 4.66. The minimum Gasteiger partial charge on any atom is -0.497 e. The van der Waals surface area contributed by atoms with Crippen LogP contribution in [0.4, 0.5) is 5.69 Å². The van der Waals surface area contributed by atoms with E-state index in [0.717, 1.165) is 16.1 Å². The Morgan fingerprint density at radius 3 is 2.58 bits per heavy atom. The van der Waals surface area contributed by atoms with Crippen molar-refractivity contribution in [1.29, 1.82) is 0 Å². The number of carbonyl (C=O) groups excluding carboxylic acids is 1. The molecule has 1 N–H and O–H groups in total. The molecule has 3 aromatic rings. The lowest BCUT2D eigenvalue weighted by atomic mass is 9.98.